The number of rotatable bonds is 5. The van der Waals surface area contributed by atoms with E-state index in [2.05, 4.69) is 18.7 Å². The number of carbonyl (C=O) groups is 2. The molecule has 2 amide bonds. The smallest absolute Gasteiger partial charge is 0.241 e. The van der Waals surface area contributed by atoms with Crippen LogP contribution in [-0.2, 0) is 16.0 Å². The maximum Gasteiger partial charge on any atom is 0.241 e. The summed E-state index contributed by atoms with van der Waals surface area (Å²) in [5.41, 5.74) is 6.64. The van der Waals surface area contributed by atoms with Crippen LogP contribution < -0.4 is 5.73 Å². The van der Waals surface area contributed by atoms with Crippen LogP contribution in [0.3, 0.4) is 0 Å². The summed E-state index contributed by atoms with van der Waals surface area (Å²) in [6.45, 7) is 6.07. The van der Waals surface area contributed by atoms with Crippen LogP contribution in [0.25, 0.3) is 0 Å². The summed E-state index contributed by atoms with van der Waals surface area (Å²) < 4.78 is 0. The van der Waals surface area contributed by atoms with Gasteiger partial charge in [0.1, 0.15) is 6.04 Å². The molecule has 5 nitrogen and oxygen atoms in total. The summed E-state index contributed by atoms with van der Waals surface area (Å²) in [6, 6.07) is 9.74. The van der Waals surface area contributed by atoms with Crippen LogP contribution in [0.1, 0.15) is 25.8 Å². The Morgan fingerprint density at radius 2 is 1.91 bits per heavy atom. The number of hydrogen-bond donors (Lipinski definition) is 1. The van der Waals surface area contributed by atoms with Crippen LogP contribution in [0.5, 0.6) is 0 Å². The normalized spacial score (nSPS) is 19.4. The fourth-order valence-corrected chi connectivity index (χ4v) is 2.85. The van der Waals surface area contributed by atoms with Gasteiger partial charge in [-0.25, -0.2) is 0 Å². The first-order valence-electron chi connectivity index (χ1n) is 7.86. The molecule has 1 heterocycles. The van der Waals surface area contributed by atoms with E-state index in [1.54, 1.807) is 4.90 Å². The highest BCUT2D eigenvalue weighted by atomic mass is 16.2. The van der Waals surface area contributed by atoms with Gasteiger partial charge in [0.2, 0.25) is 11.8 Å². The molecule has 1 saturated heterocycles. The van der Waals surface area contributed by atoms with Crippen LogP contribution in [0.4, 0.5) is 0 Å². The molecule has 120 valence electrons. The van der Waals surface area contributed by atoms with Gasteiger partial charge >= 0.3 is 0 Å². The molecule has 0 aliphatic carbocycles. The standard InChI is InChI=1S/C17H25N3O2/c1-13(2)19-10-11-20(15(12-19)17(18)22)16(21)9-8-14-6-4-3-5-7-14/h3-7,13,15H,8-12H2,1-2H3,(H2,18,22). The maximum absolute atomic E-state index is 12.5. The molecule has 0 saturated carbocycles. The van der Waals surface area contributed by atoms with Gasteiger partial charge in [-0.05, 0) is 25.8 Å². The molecule has 1 unspecified atom stereocenters. The lowest BCUT2D eigenvalue weighted by atomic mass is 10.1. The summed E-state index contributed by atoms with van der Waals surface area (Å²) >= 11 is 0. The lowest BCUT2D eigenvalue weighted by Gasteiger charge is -2.41. The number of hydrogen-bond acceptors (Lipinski definition) is 3. The van der Waals surface area contributed by atoms with Gasteiger partial charge in [-0.15, -0.1) is 0 Å². The monoisotopic (exact) mass is 303 g/mol. The highest BCUT2D eigenvalue weighted by Crippen LogP contribution is 2.15. The van der Waals surface area contributed by atoms with Crippen molar-refractivity contribution >= 4 is 11.8 Å². The number of benzene rings is 1. The fourth-order valence-electron chi connectivity index (χ4n) is 2.85. The van der Waals surface area contributed by atoms with Crippen molar-refractivity contribution in [3.63, 3.8) is 0 Å². The Morgan fingerprint density at radius 1 is 1.23 bits per heavy atom. The van der Waals surface area contributed by atoms with E-state index < -0.39 is 11.9 Å². The predicted molar refractivity (Wildman–Crippen MR) is 86.2 cm³/mol. The Morgan fingerprint density at radius 3 is 2.50 bits per heavy atom. The second-order valence-electron chi connectivity index (χ2n) is 6.08. The van der Waals surface area contributed by atoms with Gasteiger partial charge in [-0.1, -0.05) is 30.3 Å². The highest BCUT2D eigenvalue weighted by Gasteiger charge is 2.34. The van der Waals surface area contributed by atoms with Gasteiger partial charge in [0.25, 0.3) is 0 Å². The van der Waals surface area contributed by atoms with Gasteiger partial charge in [0.15, 0.2) is 0 Å². The summed E-state index contributed by atoms with van der Waals surface area (Å²) in [7, 11) is 0. The number of carbonyl (C=O) groups excluding carboxylic acids is 2. The summed E-state index contributed by atoms with van der Waals surface area (Å²) in [4.78, 5) is 28.0. The summed E-state index contributed by atoms with van der Waals surface area (Å²) in [6.07, 6.45) is 1.10. The van der Waals surface area contributed by atoms with E-state index >= 15 is 0 Å². The van der Waals surface area contributed by atoms with E-state index in [0.29, 0.717) is 32.0 Å². The van der Waals surface area contributed by atoms with Crippen molar-refractivity contribution in [3.8, 4) is 0 Å². The predicted octanol–water partition coefficient (Wildman–Crippen LogP) is 1.03. The Kier molecular flexibility index (Phi) is 5.55. The van der Waals surface area contributed by atoms with Gasteiger partial charge in [-0.3, -0.25) is 14.5 Å². The van der Waals surface area contributed by atoms with Crippen LogP contribution in [0.15, 0.2) is 30.3 Å². The summed E-state index contributed by atoms with van der Waals surface area (Å²) in [5, 5.41) is 0. The minimum absolute atomic E-state index is 0.0102. The molecule has 0 bridgehead atoms. The molecule has 5 heteroatoms. The van der Waals surface area contributed by atoms with Crippen LogP contribution >= 0.6 is 0 Å². The average molecular weight is 303 g/mol. The topological polar surface area (TPSA) is 66.6 Å². The third-order valence-electron chi connectivity index (χ3n) is 4.26. The molecule has 0 spiro atoms. The van der Waals surface area contributed by atoms with Crippen molar-refractivity contribution < 1.29 is 9.59 Å². The quantitative estimate of drug-likeness (QED) is 0.883. The van der Waals surface area contributed by atoms with E-state index in [1.165, 1.54) is 0 Å². The van der Waals surface area contributed by atoms with Crippen molar-refractivity contribution in [1.82, 2.24) is 9.80 Å². The number of aryl methyl sites for hydroxylation is 1. The van der Waals surface area contributed by atoms with Crippen LogP contribution in [0.2, 0.25) is 0 Å². The molecule has 1 aliphatic rings. The first kappa shape index (κ1) is 16.5. The van der Waals surface area contributed by atoms with Crippen LogP contribution in [-0.4, -0.2) is 53.3 Å². The Hall–Kier alpha value is -1.88. The second-order valence-corrected chi connectivity index (χ2v) is 6.08. The van der Waals surface area contributed by atoms with Gasteiger partial charge in [-0.2, -0.15) is 0 Å². The number of piperazine rings is 1. The number of nitrogens with two attached hydrogens (primary N) is 1. The lowest BCUT2D eigenvalue weighted by molar-refractivity contribution is -0.143. The molecule has 1 aromatic carbocycles. The van der Waals surface area contributed by atoms with Gasteiger partial charge < -0.3 is 10.6 Å². The van der Waals surface area contributed by atoms with Crippen molar-refractivity contribution in [2.75, 3.05) is 19.6 Å². The van der Waals surface area contributed by atoms with Crippen molar-refractivity contribution in [3.05, 3.63) is 35.9 Å². The van der Waals surface area contributed by atoms with E-state index in [1.807, 2.05) is 30.3 Å². The average Bonchev–Trinajstić information content (AvgIpc) is 2.52. The van der Waals surface area contributed by atoms with Gasteiger partial charge in [0.05, 0.1) is 0 Å². The molecule has 2 rings (SSSR count). The molecule has 0 radical (unpaired) electrons. The molecule has 1 aliphatic heterocycles. The fraction of sp³-hybridized carbons (Fsp3) is 0.529. The first-order valence-corrected chi connectivity index (χ1v) is 7.86. The Bertz CT molecular complexity index is 516. The van der Waals surface area contributed by atoms with E-state index in [4.69, 9.17) is 5.73 Å². The molecule has 2 N–H and O–H groups in total. The molecular weight excluding hydrogens is 278 g/mol. The number of nitrogens with zero attached hydrogens (tertiary/aromatic N) is 2. The number of amides is 2. The lowest BCUT2D eigenvalue weighted by Crippen LogP contribution is -2.61. The van der Waals surface area contributed by atoms with Crippen molar-refractivity contribution in [2.24, 2.45) is 5.73 Å². The molecule has 1 fully saturated rings. The Balaban J connectivity index is 1.97. The Labute approximate surface area is 132 Å². The maximum atomic E-state index is 12.5. The van der Waals surface area contributed by atoms with Crippen LogP contribution in [0, 0.1) is 0 Å². The highest BCUT2D eigenvalue weighted by molar-refractivity contribution is 5.87. The second kappa shape index (κ2) is 7.40. The minimum atomic E-state index is -0.514. The molecule has 22 heavy (non-hydrogen) atoms. The molecule has 1 aromatic rings. The minimum Gasteiger partial charge on any atom is -0.368 e. The number of primary amides is 1. The van der Waals surface area contributed by atoms with Crippen molar-refractivity contribution in [2.45, 2.75) is 38.8 Å². The van der Waals surface area contributed by atoms with Gasteiger partial charge in [0, 0.05) is 32.1 Å². The summed E-state index contributed by atoms with van der Waals surface area (Å²) in [5.74, 6) is -0.408. The van der Waals surface area contributed by atoms with E-state index in [9.17, 15) is 9.59 Å². The third-order valence-corrected chi connectivity index (χ3v) is 4.26. The molecule has 1 atom stereocenters. The molecular formula is C17H25N3O2. The van der Waals surface area contributed by atoms with Crippen molar-refractivity contribution in [1.29, 1.82) is 0 Å². The third kappa shape index (κ3) is 4.07. The SMILES string of the molecule is CC(C)N1CCN(C(=O)CCc2ccccc2)C(C(N)=O)C1. The van der Waals surface area contributed by atoms with E-state index in [0.717, 1.165) is 12.1 Å². The van der Waals surface area contributed by atoms with E-state index in [-0.39, 0.29) is 5.91 Å². The molecule has 0 aromatic heterocycles. The zero-order chi connectivity index (χ0) is 16.1. The first-order chi connectivity index (χ1) is 10.5. The largest absolute Gasteiger partial charge is 0.368 e. The zero-order valence-corrected chi connectivity index (χ0v) is 13.4. The zero-order valence-electron chi connectivity index (χ0n) is 13.4.